The van der Waals surface area contributed by atoms with E-state index in [1.54, 1.807) is 12.0 Å². The molecule has 1 saturated heterocycles. The van der Waals surface area contributed by atoms with Crippen molar-refractivity contribution in [1.82, 2.24) is 9.80 Å². The van der Waals surface area contributed by atoms with Crippen molar-refractivity contribution in [3.63, 3.8) is 0 Å². The third-order valence-electron chi connectivity index (χ3n) is 5.26. The van der Waals surface area contributed by atoms with Crippen molar-refractivity contribution in [2.45, 2.75) is 25.9 Å². The molecule has 0 spiro atoms. The van der Waals surface area contributed by atoms with Crippen molar-refractivity contribution in [3.8, 4) is 5.75 Å². The second kappa shape index (κ2) is 11.6. The van der Waals surface area contributed by atoms with Gasteiger partial charge in [0.1, 0.15) is 5.75 Å². The van der Waals surface area contributed by atoms with Gasteiger partial charge in [-0.1, -0.05) is 42.5 Å². The van der Waals surface area contributed by atoms with Crippen LogP contribution in [0.4, 0.5) is 0 Å². The van der Waals surface area contributed by atoms with E-state index in [1.807, 2.05) is 59.5 Å². The van der Waals surface area contributed by atoms with E-state index in [-0.39, 0.29) is 36.6 Å². The summed E-state index contributed by atoms with van der Waals surface area (Å²) in [4.78, 5) is 29.3. The summed E-state index contributed by atoms with van der Waals surface area (Å²) in [5.74, 6) is 0.541. The molecule has 30 heavy (non-hydrogen) atoms. The lowest BCUT2D eigenvalue weighted by Gasteiger charge is -2.26. The highest BCUT2D eigenvalue weighted by Crippen LogP contribution is 2.24. The highest BCUT2D eigenvalue weighted by molar-refractivity contribution is 5.89. The van der Waals surface area contributed by atoms with Gasteiger partial charge in [-0.25, -0.2) is 0 Å². The molecule has 2 amide bonds. The fourth-order valence-corrected chi connectivity index (χ4v) is 3.65. The molecular formula is C23H30ClN3O3. The molecule has 2 N–H and O–H groups in total. The first-order chi connectivity index (χ1) is 14.1. The van der Waals surface area contributed by atoms with Crippen LogP contribution in [0.2, 0.25) is 0 Å². The molecule has 1 atom stereocenters. The van der Waals surface area contributed by atoms with E-state index < -0.39 is 0 Å². The zero-order valence-corrected chi connectivity index (χ0v) is 18.1. The number of rotatable bonds is 9. The molecule has 0 aromatic heterocycles. The number of amides is 2. The van der Waals surface area contributed by atoms with Crippen LogP contribution in [0.15, 0.2) is 54.6 Å². The summed E-state index contributed by atoms with van der Waals surface area (Å²) in [6.45, 7) is 2.65. The van der Waals surface area contributed by atoms with Gasteiger partial charge < -0.3 is 20.3 Å². The number of nitrogens with two attached hydrogens (primary N) is 1. The van der Waals surface area contributed by atoms with Crippen LogP contribution in [0, 0.1) is 5.92 Å². The number of hydrogen-bond donors (Lipinski definition) is 1. The molecule has 1 unspecified atom stereocenters. The van der Waals surface area contributed by atoms with E-state index >= 15 is 0 Å². The lowest BCUT2D eigenvalue weighted by Crippen LogP contribution is -2.38. The van der Waals surface area contributed by atoms with Gasteiger partial charge in [-0.05, 0) is 36.2 Å². The number of methoxy groups -OCH3 is 1. The summed E-state index contributed by atoms with van der Waals surface area (Å²) >= 11 is 0. The maximum atomic E-state index is 13.2. The van der Waals surface area contributed by atoms with Gasteiger partial charge in [-0.2, -0.15) is 0 Å². The molecule has 2 aromatic carbocycles. The van der Waals surface area contributed by atoms with Crippen LogP contribution >= 0.6 is 12.4 Å². The predicted octanol–water partition coefficient (Wildman–Crippen LogP) is 2.84. The van der Waals surface area contributed by atoms with Crippen molar-refractivity contribution in [3.05, 3.63) is 65.7 Å². The lowest BCUT2D eigenvalue weighted by atomic mass is 10.1. The number of nitrogens with zero attached hydrogens (tertiary/aromatic N) is 2. The van der Waals surface area contributed by atoms with Gasteiger partial charge in [0.05, 0.1) is 13.0 Å². The van der Waals surface area contributed by atoms with Crippen LogP contribution < -0.4 is 10.5 Å². The molecule has 6 nitrogen and oxygen atoms in total. The van der Waals surface area contributed by atoms with Crippen molar-refractivity contribution in [2.75, 3.05) is 26.7 Å². The van der Waals surface area contributed by atoms with Crippen LogP contribution in [0.1, 0.15) is 24.0 Å². The van der Waals surface area contributed by atoms with Gasteiger partial charge in [0.25, 0.3) is 0 Å². The Balaban J connectivity index is 0.00000320. The van der Waals surface area contributed by atoms with E-state index in [9.17, 15) is 9.59 Å². The SMILES string of the molecule is COc1ccc(CN2CC(C(=O)N(CCCN)Cc3ccccc3)CC2=O)cc1.Cl. The second-order valence-corrected chi connectivity index (χ2v) is 7.41. The van der Waals surface area contributed by atoms with Gasteiger partial charge in [-0.3, -0.25) is 9.59 Å². The molecule has 0 saturated carbocycles. The Morgan fingerprint density at radius 3 is 2.47 bits per heavy atom. The predicted molar refractivity (Wildman–Crippen MR) is 119 cm³/mol. The Morgan fingerprint density at radius 2 is 1.83 bits per heavy atom. The zero-order chi connectivity index (χ0) is 20.6. The number of likely N-dealkylation sites (tertiary alicyclic amines) is 1. The lowest BCUT2D eigenvalue weighted by molar-refractivity contribution is -0.136. The van der Waals surface area contributed by atoms with Gasteiger partial charge >= 0.3 is 0 Å². The average molecular weight is 432 g/mol. The van der Waals surface area contributed by atoms with E-state index in [0.717, 1.165) is 23.3 Å². The van der Waals surface area contributed by atoms with E-state index in [4.69, 9.17) is 10.5 Å². The third-order valence-corrected chi connectivity index (χ3v) is 5.26. The minimum absolute atomic E-state index is 0. The maximum absolute atomic E-state index is 13.2. The van der Waals surface area contributed by atoms with Crippen LogP contribution in [-0.4, -0.2) is 48.4 Å². The summed E-state index contributed by atoms with van der Waals surface area (Å²) in [6, 6.07) is 17.6. The molecule has 1 heterocycles. The summed E-state index contributed by atoms with van der Waals surface area (Å²) < 4.78 is 5.18. The molecule has 2 aromatic rings. The summed E-state index contributed by atoms with van der Waals surface area (Å²) in [5, 5.41) is 0. The van der Waals surface area contributed by atoms with Crippen molar-refractivity contribution >= 4 is 24.2 Å². The number of carbonyl (C=O) groups is 2. The van der Waals surface area contributed by atoms with Crippen molar-refractivity contribution in [2.24, 2.45) is 11.7 Å². The molecule has 1 fully saturated rings. The third kappa shape index (κ3) is 6.21. The normalized spacial score (nSPS) is 15.6. The van der Waals surface area contributed by atoms with Crippen LogP contribution in [0.3, 0.4) is 0 Å². The largest absolute Gasteiger partial charge is 0.497 e. The Morgan fingerprint density at radius 1 is 1.13 bits per heavy atom. The number of carbonyl (C=O) groups excluding carboxylic acids is 2. The first-order valence-electron chi connectivity index (χ1n) is 10.0. The molecule has 1 aliphatic heterocycles. The Bertz CT molecular complexity index is 814. The Hall–Kier alpha value is -2.57. The summed E-state index contributed by atoms with van der Waals surface area (Å²) in [7, 11) is 1.63. The first kappa shape index (κ1) is 23.7. The molecule has 0 aliphatic carbocycles. The molecule has 0 radical (unpaired) electrons. The fraction of sp³-hybridized carbons (Fsp3) is 0.391. The minimum atomic E-state index is -0.303. The number of hydrogen-bond acceptors (Lipinski definition) is 4. The second-order valence-electron chi connectivity index (χ2n) is 7.41. The highest BCUT2D eigenvalue weighted by Gasteiger charge is 2.36. The Labute approximate surface area is 184 Å². The number of benzene rings is 2. The van der Waals surface area contributed by atoms with Crippen LogP contribution in [-0.2, 0) is 22.7 Å². The number of halogens is 1. The number of ether oxygens (including phenoxy) is 1. The topological polar surface area (TPSA) is 75.9 Å². The standard InChI is InChI=1S/C23H29N3O3.ClH/c1-29-21-10-8-19(9-11-21)16-26-17-20(14-22(26)27)23(28)25(13-5-12-24)15-18-6-3-2-4-7-18;/h2-4,6-11,20H,5,12-17,24H2,1H3;1H. The van der Waals surface area contributed by atoms with Crippen molar-refractivity contribution < 1.29 is 14.3 Å². The zero-order valence-electron chi connectivity index (χ0n) is 17.3. The minimum Gasteiger partial charge on any atom is -0.497 e. The van der Waals surface area contributed by atoms with Gasteiger partial charge in [0.15, 0.2) is 0 Å². The fourth-order valence-electron chi connectivity index (χ4n) is 3.65. The smallest absolute Gasteiger partial charge is 0.228 e. The molecule has 1 aliphatic rings. The summed E-state index contributed by atoms with van der Waals surface area (Å²) in [6.07, 6.45) is 1.01. The first-order valence-corrected chi connectivity index (χ1v) is 10.0. The van der Waals surface area contributed by atoms with Gasteiger partial charge in [0, 0.05) is 32.6 Å². The molecular weight excluding hydrogens is 402 g/mol. The van der Waals surface area contributed by atoms with E-state index in [2.05, 4.69) is 0 Å². The quantitative estimate of drug-likeness (QED) is 0.662. The maximum Gasteiger partial charge on any atom is 0.228 e. The van der Waals surface area contributed by atoms with E-state index in [1.165, 1.54) is 0 Å². The molecule has 7 heteroatoms. The van der Waals surface area contributed by atoms with Crippen LogP contribution in [0.5, 0.6) is 5.75 Å². The summed E-state index contributed by atoms with van der Waals surface area (Å²) in [5.41, 5.74) is 7.77. The van der Waals surface area contributed by atoms with Gasteiger partial charge in [0.2, 0.25) is 11.8 Å². The highest BCUT2D eigenvalue weighted by atomic mass is 35.5. The Kier molecular flexibility index (Phi) is 9.15. The molecule has 162 valence electrons. The van der Waals surface area contributed by atoms with Gasteiger partial charge in [-0.15, -0.1) is 12.4 Å². The van der Waals surface area contributed by atoms with Crippen LogP contribution in [0.25, 0.3) is 0 Å². The monoisotopic (exact) mass is 431 g/mol. The van der Waals surface area contributed by atoms with Crippen molar-refractivity contribution in [1.29, 1.82) is 0 Å². The average Bonchev–Trinajstić information content (AvgIpc) is 3.12. The van der Waals surface area contributed by atoms with E-state index in [0.29, 0.717) is 32.7 Å². The molecule has 3 rings (SSSR count). The molecule has 0 bridgehead atoms.